The van der Waals surface area contributed by atoms with Crippen LogP contribution in [0.15, 0.2) is 66.2 Å². The number of nitrogens with one attached hydrogen (secondary N) is 1. The van der Waals surface area contributed by atoms with Gasteiger partial charge in [-0.15, -0.1) is 0 Å². The molecule has 0 fully saturated rings. The van der Waals surface area contributed by atoms with E-state index in [1.165, 1.54) is 6.08 Å². The van der Waals surface area contributed by atoms with Gasteiger partial charge in [-0.05, 0) is 73.0 Å². The predicted molar refractivity (Wildman–Crippen MR) is 125 cm³/mol. The second-order valence-electron chi connectivity index (χ2n) is 7.02. The summed E-state index contributed by atoms with van der Waals surface area (Å²) in [5.41, 5.74) is 4.40. The van der Waals surface area contributed by atoms with E-state index in [9.17, 15) is 10.1 Å². The molecule has 156 valence electrons. The smallest absolute Gasteiger partial charge is 0.266 e. The minimum Gasteiger partial charge on any atom is -0.489 e. The fraction of sp³-hybridized carbons (Fsp3) is 0.120. The Morgan fingerprint density at radius 3 is 2.42 bits per heavy atom. The van der Waals surface area contributed by atoms with Crippen LogP contribution in [-0.4, -0.2) is 5.91 Å². The quantitative estimate of drug-likeness (QED) is 0.334. The molecule has 0 aliphatic heterocycles. The van der Waals surface area contributed by atoms with Gasteiger partial charge in [0.15, 0.2) is 0 Å². The third-order valence-corrected chi connectivity index (χ3v) is 5.32. The normalized spacial score (nSPS) is 11.0. The molecule has 1 amide bonds. The SMILES string of the molecule is Cc1ccc(NC(=O)/C(C#N)=C/c2ccc(OCc3ccc(Cl)cc3Cl)cc2)cc1C. The standard InChI is InChI=1S/C25H20Cl2N2O2/c1-16-3-8-22(11-17(16)2)29-25(30)20(14-28)12-18-4-9-23(10-5-18)31-15-19-6-7-21(26)13-24(19)27/h3-13H,15H2,1-2H3,(H,29,30)/b20-12+. The fourth-order valence-corrected chi connectivity index (χ4v) is 3.26. The molecular weight excluding hydrogens is 431 g/mol. The lowest BCUT2D eigenvalue weighted by Gasteiger charge is -2.09. The van der Waals surface area contributed by atoms with Gasteiger partial charge in [0, 0.05) is 21.3 Å². The first kappa shape index (κ1) is 22.4. The molecule has 0 radical (unpaired) electrons. The summed E-state index contributed by atoms with van der Waals surface area (Å²) in [6.07, 6.45) is 1.54. The number of hydrogen-bond donors (Lipinski definition) is 1. The van der Waals surface area contributed by atoms with Crippen molar-refractivity contribution < 1.29 is 9.53 Å². The van der Waals surface area contributed by atoms with Gasteiger partial charge in [-0.2, -0.15) is 5.26 Å². The van der Waals surface area contributed by atoms with Crippen LogP contribution in [0.4, 0.5) is 5.69 Å². The van der Waals surface area contributed by atoms with E-state index in [-0.39, 0.29) is 5.57 Å². The predicted octanol–water partition coefficient (Wildman–Crippen LogP) is 6.73. The Morgan fingerprint density at radius 2 is 1.77 bits per heavy atom. The second-order valence-corrected chi connectivity index (χ2v) is 7.86. The summed E-state index contributed by atoms with van der Waals surface area (Å²) >= 11 is 12.1. The zero-order chi connectivity index (χ0) is 22.4. The summed E-state index contributed by atoms with van der Waals surface area (Å²) in [4.78, 5) is 12.5. The molecule has 3 rings (SSSR count). The average Bonchev–Trinajstić information content (AvgIpc) is 2.75. The largest absolute Gasteiger partial charge is 0.489 e. The molecule has 0 unspecified atom stereocenters. The van der Waals surface area contributed by atoms with Crippen molar-refractivity contribution in [2.75, 3.05) is 5.32 Å². The van der Waals surface area contributed by atoms with Crippen molar-refractivity contribution in [3.63, 3.8) is 0 Å². The lowest BCUT2D eigenvalue weighted by molar-refractivity contribution is -0.112. The van der Waals surface area contributed by atoms with Gasteiger partial charge in [-0.1, -0.05) is 47.5 Å². The molecule has 31 heavy (non-hydrogen) atoms. The van der Waals surface area contributed by atoms with Crippen molar-refractivity contribution >= 4 is 40.9 Å². The maximum atomic E-state index is 12.5. The topological polar surface area (TPSA) is 62.1 Å². The molecule has 0 saturated heterocycles. The fourth-order valence-electron chi connectivity index (χ4n) is 2.79. The van der Waals surface area contributed by atoms with Crippen LogP contribution in [0, 0.1) is 25.2 Å². The monoisotopic (exact) mass is 450 g/mol. The summed E-state index contributed by atoms with van der Waals surface area (Å²) in [6, 6.07) is 19.9. The van der Waals surface area contributed by atoms with Gasteiger partial charge in [0.2, 0.25) is 0 Å². The molecule has 0 heterocycles. The molecule has 0 spiro atoms. The van der Waals surface area contributed by atoms with E-state index in [0.29, 0.717) is 33.7 Å². The lowest BCUT2D eigenvalue weighted by Crippen LogP contribution is -2.13. The number of halogens is 2. The van der Waals surface area contributed by atoms with Crippen molar-refractivity contribution in [1.29, 1.82) is 5.26 Å². The molecule has 3 aromatic carbocycles. The third kappa shape index (κ3) is 6.11. The average molecular weight is 451 g/mol. The van der Waals surface area contributed by atoms with Crippen molar-refractivity contribution in [2.45, 2.75) is 20.5 Å². The summed E-state index contributed by atoms with van der Waals surface area (Å²) in [7, 11) is 0. The van der Waals surface area contributed by atoms with Gasteiger partial charge in [0.1, 0.15) is 24.0 Å². The van der Waals surface area contributed by atoms with Crippen LogP contribution in [0.3, 0.4) is 0 Å². The molecule has 0 aromatic heterocycles. The van der Waals surface area contributed by atoms with Crippen molar-refractivity contribution in [3.05, 3.63) is 98.5 Å². The summed E-state index contributed by atoms with van der Waals surface area (Å²) in [5.74, 6) is 0.185. The molecule has 0 saturated carbocycles. The van der Waals surface area contributed by atoms with Crippen molar-refractivity contribution in [3.8, 4) is 11.8 Å². The summed E-state index contributed by atoms with van der Waals surface area (Å²) in [5, 5.41) is 13.3. The molecule has 4 nitrogen and oxygen atoms in total. The summed E-state index contributed by atoms with van der Waals surface area (Å²) < 4.78 is 5.75. The molecular formula is C25H20Cl2N2O2. The number of nitrogens with zero attached hydrogens (tertiary/aromatic N) is 1. The van der Waals surface area contributed by atoms with Crippen LogP contribution in [0.25, 0.3) is 6.08 Å². The highest BCUT2D eigenvalue weighted by Crippen LogP contribution is 2.23. The van der Waals surface area contributed by atoms with Crippen LogP contribution in [0.1, 0.15) is 22.3 Å². The van der Waals surface area contributed by atoms with Crippen molar-refractivity contribution in [1.82, 2.24) is 0 Å². The number of carbonyl (C=O) groups is 1. The second kappa shape index (κ2) is 10.2. The number of carbonyl (C=O) groups excluding carboxylic acids is 1. The maximum Gasteiger partial charge on any atom is 0.266 e. The first-order valence-electron chi connectivity index (χ1n) is 9.53. The Morgan fingerprint density at radius 1 is 1.03 bits per heavy atom. The Labute approximate surface area is 191 Å². The molecule has 0 bridgehead atoms. The summed E-state index contributed by atoms with van der Waals surface area (Å²) in [6.45, 7) is 4.27. The Bertz CT molecular complexity index is 1180. The van der Waals surface area contributed by atoms with Crippen molar-refractivity contribution in [2.24, 2.45) is 0 Å². The van der Waals surface area contributed by atoms with E-state index in [4.69, 9.17) is 27.9 Å². The zero-order valence-electron chi connectivity index (χ0n) is 17.1. The van der Waals surface area contributed by atoms with Gasteiger partial charge < -0.3 is 10.1 Å². The number of hydrogen-bond acceptors (Lipinski definition) is 3. The minimum atomic E-state index is -0.455. The highest BCUT2D eigenvalue weighted by molar-refractivity contribution is 6.35. The van der Waals surface area contributed by atoms with Gasteiger partial charge in [0.25, 0.3) is 5.91 Å². The van der Waals surface area contributed by atoms with Gasteiger partial charge in [-0.3, -0.25) is 4.79 Å². The number of benzene rings is 3. The van der Waals surface area contributed by atoms with E-state index >= 15 is 0 Å². The van der Waals surface area contributed by atoms with E-state index in [2.05, 4.69) is 5.32 Å². The van der Waals surface area contributed by atoms with Crippen LogP contribution in [-0.2, 0) is 11.4 Å². The van der Waals surface area contributed by atoms with Crippen LogP contribution >= 0.6 is 23.2 Å². The first-order valence-corrected chi connectivity index (χ1v) is 10.3. The number of aryl methyl sites for hydroxylation is 2. The Balaban J connectivity index is 1.66. The van der Waals surface area contributed by atoms with Gasteiger partial charge in [0.05, 0.1) is 0 Å². The molecule has 1 N–H and O–H groups in total. The number of nitriles is 1. The first-order chi connectivity index (χ1) is 14.9. The van der Waals surface area contributed by atoms with Gasteiger partial charge >= 0.3 is 0 Å². The molecule has 0 atom stereocenters. The zero-order valence-corrected chi connectivity index (χ0v) is 18.6. The minimum absolute atomic E-state index is 0.0137. The molecule has 0 aliphatic rings. The number of anilines is 1. The molecule has 3 aromatic rings. The molecule has 0 aliphatic carbocycles. The van der Waals surface area contributed by atoms with E-state index in [1.54, 1.807) is 36.4 Å². The number of amides is 1. The third-order valence-electron chi connectivity index (χ3n) is 4.73. The van der Waals surface area contributed by atoms with E-state index in [0.717, 1.165) is 16.7 Å². The van der Waals surface area contributed by atoms with Crippen LogP contribution < -0.4 is 10.1 Å². The highest BCUT2D eigenvalue weighted by Gasteiger charge is 2.10. The van der Waals surface area contributed by atoms with E-state index in [1.807, 2.05) is 44.2 Å². The lowest BCUT2D eigenvalue weighted by atomic mass is 10.1. The number of rotatable bonds is 6. The van der Waals surface area contributed by atoms with E-state index < -0.39 is 5.91 Å². The Kier molecular flexibility index (Phi) is 7.36. The maximum absolute atomic E-state index is 12.5. The number of ether oxygens (including phenoxy) is 1. The highest BCUT2D eigenvalue weighted by atomic mass is 35.5. The van der Waals surface area contributed by atoms with Crippen LogP contribution in [0.5, 0.6) is 5.75 Å². The van der Waals surface area contributed by atoms with Crippen LogP contribution in [0.2, 0.25) is 10.0 Å². The van der Waals surface area contributed by atoms with Gasteiger partial charge in [-0.25, -0.2) is 0 Å². The molecule has 6 heteroatoms. The Hall–Kier alpha value is -3.26.